The van der Waals surface area contributed by atoms with Crippen LogP contribution in [0.15, 0.2) is 46.0 Å². The highest BCUT2D eigenvalue weighted by Crippen LogP contribution is 2.12. The number of amides is 1. The number of hydrogen-bond acceptors (Lipinski definition) is 7. The number of rotatable bonds is 8. The molecule has 0 saturated carbocycles. The molecule has 0 aliphatic heterocycles. The lowest BCUT2D eigenvalue weighted by Crippen LogP contribution is -2.37. The van der Waals surface area contributed by atoms with Crippen molar-refractivity contribution < 1.29 is 18.8 Å². The Bertz CT molecular complexity index is 1060. The van der Waals surface area contributed by atoms with Crippen LogP contribution in [0.5, 0.6) is 0 Å². The van der Waals surface area contributed by atoms with Gasteiger partial charge in [-0.25, -0.2) is 9.78 Å². The largest absolute Gasteiger partial charge is 0.461 e. The number of ether oxygens (including phenoxy) is 1. The van der Waals surface area contributed by atoms with Crippen LogP contribution in [-0.4, -0.2) is 39.2 Å². The predicted octanol–water partition coefficient (Wildman–Crippen LogP) is 1.70. The molecule has 9 nitrogen and oxygen atoms in total. The van der Waals surface area contributed by atoms with Gasteiger partial charge in [-0.2, -0.15) is 0 Å². The average molecular weight is 398 g/mol. The Morgan fingerprint density at radius 1 is 1.28 bits per heavy atom. The molecule has 29 heavy (non-hydrogen) atoms. The summed E-state index contributed by atoms with van der Waals surface area (Å²) in [6.07, 6.45) is 2.79. The second-order valence-electron chi connectivity index (χ2n) is 6.60. The summed E-state index contributed by atoms with van der Waals surface area (Å²) in [7, 11) is 0. The van der Waals surface area contributed by atoms with E-state index in [0.717, 1.165) is 17.4 Å². The smallest absolute Gasteiger partial charge is 0.361 e. The standard InChI is InChI=1S/C20H22N4O5/c1-3-28-20(27)17-16-18(29-23-17)21-12-24(19(16)26)11-15(25)22-13(2)9-10-14-7-5-4-6-8-14/h4-8,12-13H,3,9-11H2,1-2H3,(H,22,25)/t13-/m1/s1. The van der Waals surface area contributed by atoms with Gasteiger partial charge in [0.25, 0.3) is 11.3 Å². The van der Waals surface area contributed by atoms with E-state index in [1.807, 2.05) is 37.3 Å². The summed E-state index contributed by atoms with van der Waals surface area (Å²) in [6.45, 7) is 3.44. The van der Waals surface area contributed by atoms with Crippen LogP contribution in [0.3, 0.4) is 0 Å². The van der Waals surface area contributed by atoms with Crippen LogP contribution in [0.25, 0.3) is 11.1 Å². The number of aromatic nitrogens is 3. The third kappa shape index (κ3) is 4.87. The molecule has 0 unspecified atom stereocenters. The summed E-state index contributed by atoms with van der Waals surface area (Å²) in [6, 6.07) is 9.91. The van der Waals surface area contributed by atoms with E-state index in [2.05, 4.69) is 15.5 Å². The minimum atomic E-state index is -0.776. The SMILES string of the molecule is CCOC(=O)c1noc2ncn(CC(=O)N[C@H](C)CCc3ccccc3)c(=O)c12. The fourth-order valence-corrected chi connectivity index (χ4v) is 2.91. The van der Waals surface area contributed by atoms with E-state index >= 15 is 0 Å². The molecule has 0 aliphatic rings. The van der Waals surface area contributed by atoms with Crippen LogP contribution in [0.4, 0.5) is 0 Å². The van der Waals surface area contributed by atoms with Gasteiger partial charge in [-0.3, -0.25) is 14.2 Å². The van der Waals surface area contributed by atoms with E-state index in [-0.39, 0.29) is 41.9 Å². The predicted molar refractivity (Wildman–Crippen MR) is 104 cm³/mol. The number of hydrogen-bond donors (Lipinski definition) is 1. The van der Waals surface area contributed by atoms with E-state index in [9.17, 15) is 14.4 Å². The fraction of sp³-hybridized carbons (Fsp3) is 0.350. The van der Waals surface area contributed by atoms with Crippen molar-refractivity contribution in [3.63, 3.8) is 0 Å². The van der Waals surface area contributed by atoms with Crippen LogP contribution in [0, 0.1) is 0 Å². The molecular weight excluding hydrogens is 376 g/mol. The third-order valence-electron chi connectivity index (χ3n) is 4.36. The number of esters is 1. The van der Waals surface area contributed by atoms with Crippen LogP contribution < -0.4 is 10.9 Å². The summed E-state index contributed by atoms with van der Waals surface area (Å²) >= 11 is 0. The number of aryl methyl sites for hydroxylation is 1. The maximum atomic E-state index is 12.7. The van der Waals surface area contributed by atoms with Crippen molar-refractivity contribution in [3.05, 3.63) is 58.3 Å². The molecule has 1 atom stereocenters. The third-order valence-corrected chi connectivity index (χ3v) is 4.36. The quantitative estimate of drug-likeness (QED) is 0.574. The lowest BCUT2D eigenvalue weighted by Gasteiger charge is -2.14. The Kier molecular flexibility index (Phi) is 6.38. The summed E-state index contributed by atoms with van der Waals surface area (Å²) in [5.74, 6) is -1.11. The highest BCUT2D eigenvalue weighted by Gasteiger charge is 2.23. The van der Waals surface area contributed by atoms with E-state index in [4.69, 9.17) is 9.26 Å². The first-order valence-corrected chi connectivity index (χ1v) is 9.34. The molecule has 0 aliphatic carbocycles. The van der Waals surface area contributed by atoms with Gasteiger partial charge in [-0.15, -0.1) is 0 Å². The van der Waals surface area contributed by atoms with Gasteiger partial charge in [0.15, 0.2) is 0 Å². The van der Waals surface area contributed by atoms with Crippen LogP contribution >= 0.6 is 0 Å². The van der Waals surface area contributed by atoms with Gasteiger partial charge < -0.3 is 14.6 Å². The Hall–Kier alpha value is -3.49. The number of fused-ring (bicyclic) bond motifs is 1. The number of carbonyl (C=O) groups excluding carboxylic acids is 2. The molecule has 0 radical (unpaired) electrons. The molecule has 0 spiro atoms. The summed E-state index contributed by atoms with van der Waals surface area (Å²) in [5.41, 5.74) is 0.279. The highest BCUT2D eigenvalue weighted by molar-refractivity contribution is 5.99. The Balaban J connectivity index is 1.67. The van der Waals surface area contributed by atoms with Crippen LogP contribution in [0.2, 0.25) is 0 Å². The van der Waals surface area contributed by atoms with Gasteiger partial charge in [0, 0.05) is 6.04 Å². The number of benzene rings is 1. The highest BCUT2D eigenvalue weighted by atomic mass is 16.5. The molecule has 1 N–H and O–H groups in total. The Morgan fingerprint density at radius 3 is 2.76 bits per heavy atom. The van der Waals surface area contributed by atoms with Gasteiger partial charge in [-0.05, 0) is 32.3 Å². The van der Waals surface area contributed by atoms with Crippen molar-refractivity contribution in [1.82, 2.24) is 20.0 Å². The van der Waals surface area contributed by atoms with E-state index in [1.165, 1.54) is 11.9 Å². The van der Waals surface area contributed by atoms with Gasteiger partial charge in [0.2, 0.25) is 11.6 Å². The van der Waals surface area contributed by atoms with Crippen LogP contribution in [-0.2, 0) is 22.5 Å². The maximum absolute atomic E-state index is 12.7. The zero-order valence-electron chi connectivity index (χ0n) is 16.3. The summed E-state index contributed by atoms with van der Waals surface area (Å²) in [5, 5.41) is 6.34. The van der Waals surface area contributed by atoms with Gasteiger partial charge >= 0.3 is 5.97 Å². The monoisotopic (exact) mass is 398 g/mol. The Labute approximate surface area is 166 Å². The molecule has 0 fully saturated rings. The van der Waals surface area contributed by atoms with Crippen molar-refractivity contribution in [2.45, 2.75) is 39.3 Å². The van der Waals surface area contributed by atoms with Crippen LogP contribution in [0.1, 0.15) is 36.3 Å². The number of carbonyl (C=O) groups is 2. The summed E-state index contributed by atoms with van der Waals surface area (Å²) < 4.78 is 10.9. The molecule has 1 amide bonds. The van der Waals surface area contributed by atoms with Crippen molar-refractivity contribution in [2.24, 2.45) is 0 Å². The minimum absolute atomic E-state index is 0.0687. The molecule has 152 valence electrons. The van der Waals surface area contributed by atoms with Gasteiger partial charge in [0.05, 0.1) is 6.61 Å². The topological polar surface area (TPSA) is 116 Å². The molecule has 0 bridgehead atoms. The van der Waals surface area contributed by atoms with Gasteiger partial charge in [0.1, 0.15) is 18.3 Å². The van der Waals surface area contributed by atoms with E-state index in [1.54, 1.807) is 6.92 Å². The minimum Gasteiger partial charge on any atom is -0.461 e. The van der Waals surface area contributed by atoms with Gasteiger partial charge in [-0.1, -0.05) is 35.5 Å². The molecule has 1 aromatic carbocycles. The number of nitrogens with one attached hydrogen (secondary N) is 1. The normalized spacial score (nSPS) is 11.9. The van der Waals surface area contributed by atoms with Crippen molar-refractivity contribution >= 4 is 23.0 Å². The first-order chi connectivity index (χ1) is 14.0. The summed E-state index contributed by atoms with van der Waals surface area (Å²) in [4.78, 5) is 40.9. The Morgan fingerprint density at radius 2 is 2.03 bits per heavy atom. The van der Waals surface area contributed by atoms with Crippen molar-refractivity contribution in [3.8, 4) is 0 Å². The molecule has 3 rings (SSSR count). The lowest BCUT2D eigenvalue weighted by atomic mass is 10.1. The van der Waals surface area contributed by atoms with E-state index < -0.39 is 11.5 Å². The zero-order chi connectivity index (χ0) is 20.8. The zero-order valence-corrected chi connectivity index (χ0v) is 16.3. The molecule has 2 aromatic heterocycles. The first kappa shape index (κ1) is 20.2. The average Bonchev–Trinajstić information content (AvgIpc) is 3.14. The second-order valence-corrected chi connectivity index (χ2v) is 6.60. The first-order valence-electron chi connectivity index (χ1n) is 9.34. The second kappa shape index (κ2) is 9.13. The molecular formula is C20H22N4O5. The van der Waals surface area contributed by atoms with E-state index in [0.29, 0.717) is 0 Å². The molecule has 3 aromatic rings. The lowest BCUT2D eigenvalue weighted by molar-refractivity contribution is -0.122. The maximum Gasteiger partial charge on any atom is 0.361 e. The van der Waals surface area contributed by atoms with Crippen molar-refractivity contribution in [1.29, 1.82) is 0 Å². The fourth-order valence-electron chi connectivity index (χ4n) is 2.91. The molecule has 2 heterocycles. The molecule has 9 heteroatoms. The molecule has 0 saturated heterocycles. The number of nitrogens with zero attached hydrogens (tertiary/aromatic N) is 3. The van der Waals surface area contributed by atoms with Crippen molar-refractivity contribution in [2.75, 3.05) is 6.61 Å².